The number of rotatable bonds is 5. The maximum absolute atomic E-state index is 13.1. The van der Waals surface area contributed by atoms with Crippen molar-refractivity contribution in [1.29, 1.82) is 0 Å². The van der Waals surface area contributed by atoms with E-state index in [1.807, 2.05) is 54.6 Å². The highest BCUT2D eigenvalue weighted by Gasteiger charge is 2.15. The molecule has 0 atom stereocenters. The number of aromatic hydroxyl groups is 1. The first-order chi connectivity index (χ1) is 15.7. The molecule has 1 amide bonds. The second-order valence-electron chi connectivity index (χ2n) is 7.47. The van der Waals surface area contributed by atoms with Crippen LogP contribution in [0.5, 0.6) is 5.75 Å². The number of fused-ring (bicyclic) bond motifs is 1. The normalized spacial score (nSPS) is 10.9. The number of nitrogens with one attached hydrogen (secondary N) is 2. The first-order valence-electron chi connectivity index (χ1n) is 10.2. The van der Waals surface area contributed by atoms with Gasteiger partial charge < -0.3 is 15.4 Å². The Morgan fingerprint density at radius 2 is 1.75 bits per heavy atom. The summed E-state index contributed by atoms with van der Waals surface area (Å²) in [6.45, 7) is 0.380. The number of benzene rings is 3. The number of phenolic OH excluding ortho intramolecular Hbond substituents is 1. The molecule has 6 heteroatoms. The minimum absolute atomic E-state index is 0.0928. The molecule has 0 saturated carbocycles. The van der Waals surface area contributed by atoms with Gasteiger partial charge in [0.1, 0.15) is 5.75 Å². The van der Waals surface area contributed by atoms with Crippen LogP contribution in [0.2, 0.25) is 0 Å². The van der Waals surface area contributed by atoms with E-state index < -0.39 is 0 Å². The van der Waals surface area contributed by atoms with Crippen molar-refractivity contribution >= 4 is 16.8 Å². The van der Waals surface area contributed by atoms with E-state index in [0.717, 1.165) is 22.4 Å². The minimum atomic E-state index is -0.224. The van der Waals surface area contributed by atoms with Crippen molar-refractivity contribution in [2.75, 3.05) is 0 Å². The fourth-order valence-corrected chi connectivity index (χ4v) is 3.65. The molecular weight excluding hydrogens is 400 g/mol. The van der Waals surface area contributed by atoms with Gasteiger partial charge >= 0.3 is 0 Å². The Balaban J connectivity index is 1.43. The van der Waals surface area contributed by atoms with Crippen LogP contribution in [0.25, 0.3) is 33.4 Å². The van der Waals surface area contributed by atoms with Crippen molar-refractivity contribution in [3.8, 4) is 28.3 Å². The number of hydrogen-bond donors (Lipinski definition) is 3. The third-order valence-electron chi connectivity index (χ3n) is 5.32. The van der Waals surface area contributed by atoms with Gasteiger partial charge in [-0.2, -0.15) is 0 Å². The molecule has 5 rings (SSSR count). The minimum Gasteiger partial charge on any atom is -0.508 e. The fourth-order valence-electron chi connectivity index (χ4n) is 3.65. The molecule has 0 aliphatic heterocycles. The lowest BCUT2D eigenvalue weighted by Crippen LogP contribution is -2.23. The lowest BCUT2D eigenvalue weighted by molar-refractivity contribution is 0.0952. The van der Waals surface area contributed by atoms with Crippen LogP contribution in [0.4, 0.5) is 0 Å². The standard InChI is InChI=1S/C26H20N4O2/c31-20-10-11-23-21(12-20)22(13-24(30-23)18-4-2-1-3-5-18)26(32)28-14-17-6-8-19(9-7-17)25-15-27-16-29-25/h1-13,15-16,31H,14H2,(H,27,29)(H,28,32). The molecule has 3 N–H and O–H groups in total. The molecule has 32 heavy (non-hydrogen) atoms. The monoisotopic (exact) mass is 420 g/mol. The van der Waals surface area contributed by atoms with Crippen molar-refractivity contribution < 1.29 is 9.90 Å². The average Bonchev–Trinajstić information content (AvgIpc) is 3.38. The molecule has 0 radical (unpaired) electrons. The Hall–Kier alpha value is -4.45. The maximum atomic E-state index is 13.1. The maximum Gasteiger partial charge on any atom is 0.252 e. The predicted molar refractivity (Wildman–Crippen MR) is 124 cm³/mol. The molecule has 0 aliphatic rings. The number of imidazole rings is 1. The third-order valence-corrected chi connectivity index (χ3v) is 5.32. The lowest BCUT2D eigenvalue weighted by atomic mass is 10.0. The van der Waals surface area contributed by atoms with Crippen molar-refractivity contribution in [2.24, 2.45) is 0 Å². The Labute approximate surface area is 184 Å². The highest BCUT2D eigenvalue weighted by Crippen LogP contribution is 2.27. The van der Waals surface area contributed by atoms with Gasteiger partial charge in [-0.05, 0) is 35.4 Å². The molecule has 5 aromatic rings. The van der Waals surface area contributed by atoms with Gasteiger partial charge in [0, 0.05) is 17.5 Å². The number of phenols is 1. The molecule has 0 saturated heterocycles. The summed E-state index contributed by atoms with van der Waals surface area (Å²) in [4.78, 5) is 24.9. The van der Waals surface area contributed by atoms with Crippen LogP contribution in [-0.4, -0.2) is 26.0 Å². The zero-order valence-corrected chi connectivity index (χ0v) is 17.1. The number of carbonyl (C=O) groups excluding carboxylic acids is 1. The summed E-state index contributed by atoms with van der Waals surface area (Å²) >= 11 is 0. The molecule has 0 fully saturated rings. The van der Waals surface area contributed by atoms with Crippen LogP contribution in [0.3, 0.4) is 0 Å². The zero-order chi connectivity index (χ0) is 21.9. The summed E-state index contributed by atoms with van der Waals surface area (Å²) in [7, 11) is 0. The van der Waals surface area contributed by atoms with Gasteiger partial charge in [0.2, 0.25) is 0 Å². The van der Waals surface area contributed by atoms with Crippen molar-refractivity contribution in [3.05, 3.63) is 103 Å². The predicted octanol–water partition coefficient (Wildman–Crippen LogP) is 4.93. The SMILES string of the molecule is O=C(NCc1ccc(-c2cnc[nH]2)cc1)c1cc(-c2ccccc2)nc2ccc(O)cc12. The number of carbonyl (C=O) groups is 1. The van der Waals surface area contributed by atoms with E-state index in [4.69, 9.17) is 0 Å². The van der Waals surface area contributed by atoms with Gasteiger partial charge in [-0.15, -0.1) is 0 Å². The first-order valence-corrected chi connectivity index (χ1v) is 10.2. The van der Waals surface area contributed by atoms with Crippen LogP contribution in [-0.2, 0) is 6.54 Å². The molecule has 0 spiro atoms. The van der Waals surface area contributed by atoms with E-state index in [1.165, 1.54) is 0 Å². The van der Waals surface area contributed by atoms with Crippen molar-refractivity contribution in [1.82, 2.24) is 20.3 Å². The number of nitrogens with zero attached hydrogens (tertiary/aromatic N) is 2. The van der Waals surface area contributed by atoms with Crippen LogP contribution >= 0.6 is 0 Å². The molecule has 156 valence electrons. The zero-order valence-electron chi connectivity index (χ0n) is 17.1. The van der Waals surface area contributed by atoms with Gasteiger partial charge in [-0.3, -0.25) is 4.79 Å². The third kappa shape index (κ3) is 3.94. The van der Waals surface area contributed by atoms with Gasteiger partial charge in [-0.25, -0.2) is 9.97 Å². The Morgan fingerprint density at radius 3 is 2.50 bits per heavy atom. The highest BCUT2D eigenvalue weighted by molar-refractivity contribution is 6.07. The van der Waals surface area contributed by atoms with E-state index in [0.29, 0.717) is 28.7 Å². The second kappa shape index (κ2) is 8.35. The summed E-state index contributed by atoms with van der Waals surface area (Å²) in [6, 6.07) is 24.3. The largest absolute Gasteiger partial charge is 0.508 e. The highest BCUT2D eigenvalue weighted by atomic mass is 16.3. The first kappa shape index (κ1) is 19.5. The summed E-state index contributed by atoms with van der Waals surface area (Å²) in [5.41, 5.74) is 5.70. The molecule has 2 aromatic heterocycles. The number of H-pyrrole nitrogens is 1. The molecule has 0 bridgehead atoms. The van der Waals surface area contributed by atoms with E-state index in [9.17, 15) is 9.90 Å². The number of aromatic amines is 1. The smallest absolute Gasteiger partial charge is 0.252 e. The van der Waals surface area contributed by atoms with Crippen molar-refractivity contribution in [3.63, 3.8) is 0 Å². The topological polar surface area (TPSA) is 90.9 Å². The Kier molecular flexibility index (Phi) is 5.09. The molecule has 0 unspecified atom stereocenters. The van der Waals surface area contributed by atoms with Crippen molar-refractivity contribution in [2.45, 2.75) is 6.54 Å². The summed E-state index contributed by atoms with van der Waals surface area (Å²) in [6.07, 6.45) is 3.41. The summed E-state index contributed by atoms with van der Waals surface area (Å²) in [5, 5.41) is 13.6. The Bertz CT molecular complexity index is 1380. The second-order valence-corrected chi connectivity index (χ2v) is 7.47. The fraction of sp³-hybridized carbons (Fsp3) is 0.0385. The van der Waals surface area contributed by atoms with Gasteiger partial charge in [0.15, 0.2) is 0 Å². The van der Waals surface area contributed by atoms with E-state index in [2.05, 4.69) is 20.3 Å². The summed E-state index contributed by atoms with van der Waals surface area (Å²) < 4.78 is 0. The molecule has 6 nitrogen and oxygen atoms in total. The van der Waals surface area contributed by atoms with Crippen LogP contribution < -0.4 is 5.32 Å². The quantitative estimate of drug-likeness (QED) is 0.376. The average molecular weight is 420 g/mol. The molecule has 0 aliphatic carbocycles. The van der Waals surface area contributed by atoms with Crippen LogP contribution in [0, 0.1) is 0 Å². The lowest BCUT2D eigenvalue weighted by Gasteiger charge is -2.11. The summed E-state index contributed by atoms with van der Waals surface area (Å²) in [5.74, 6) is -0.131. The number of aromatic nitrogens is 3. The van der Waals surface area contributed by atoms with Gasteiger partial charge in [0.25, 0.3) is 5.91 Å². The van der Waals surface area contributed by atoms with E-state index in [1.54, 1.807) is 36.8 Å². The van der Waals surface area contributed by atoms with E-state index in [-0.39, 0.29) is 11.7 Å². The number of hydrogen-bond acceptors (Lipinski definition) is 4. The van der Waals surface area contributed by atoms with Crippen LogP contribution in [0.15, 0.2) is 91.4 Å². The molecule has 3 aromatic carbocycles. The van der Waals surface area contributed by atoms with Gasteiger partial charge in [0.05, 0.1) is 35.0 Å². The molecule has 2 heterocycles. The number of pyridine rings is 1. The van der Waals surface area contributed by atoms with E-state index >= 15 is 0 Å². The van der Waals surface area contributed by atoms with Gasteiger partial charge in [-0.1, -0.05) is 54.6 Å². The van der Waals surface area contributed by atoms with Crippen LogP contribution in [0.1, 0.15) is 15.9 Å². The Morgan fingerprint density at radius 1 is 0.938 bits per heavy atom. The molecular formula is C26H20N4O2. The number of amides is 1.